The molecule has 0 aliphatic carbocycles. The molecule has 0 unspecified atom stereocenters. The highest BCUT2D eigenvalue weighted by Crippen LogP contribution is 2.28. The molecule has 5 nitrogen and oxygen atoms in total. The number of benzene rings is 1. The van der Waals surface area contributed by atoms with Gasteiger partial charge in [-0.2, -0.15) is 5.10 Å². The number of aryl methyl sites for hydroxylation is 1. The number of ether oxygens (including phenoxy) is 2. The predicted molar refractivity (Wildman–Crippen MR) is 75.2 cm³/mol. The zero-order valence-corrected chi connectivity index (χ0v) is 11.7. The van der Waals surface area contributed by atoms with Crippen molar-refractivity contribution in [1.82, 2.24) is 9.78 Å². The van der Waals surface area contributed by atoms with Gasteiger partial charge in [-0.1, -0.05) is 0 Å². The first-order chi connectivity index (χ1) is 9.76. The van der Waals surface area contributed by atoms with E-state index in [0.29, 0.717) is 30.3 Å². The molecule has 0 bridgehead atoms. The normalized spacial score (nSPS) is 10.3. The van der Waals surface area contributed by atoms with Gasteiger partial charge in [-0.15, -0.1) is 0 Å². The molecule has 0 spiro atoms. The molecule has 0 fully saturated rings. The maximum absolute atomic E-state index is 10.8. The van der Waals surface area contributed by atoms with Crippen LogP contribution in [-0.2, 0) is 13.2 Å². The molecule has 20 heavy (non-hydrogen) atoms. The topological polar surface area (TPSA) is 53.4 Å². The van der Waals surface area contributed by atoms with Crippen LogP contribution in [0.25, 0.3) is 0 Å². The van der Waals surface area contributed by atoms with Crippen molar-refractivity contribution in [2.75, 3.05) is 6.61 Å². The van der Waals surface area contributed by atoms with E-state index in [2.05, 4.69) is 5.10 Å². The lowest BCUT2D eigenvalue weighted by atomic mass is 10.2. The summed E-state index contributed by atoms with van der Waals surface area (Å²) in [6.07, 6.45) is 4.52. The molecule has 0 saturated carbocycles. The van der Waals surface area contributed by atoms with Crippen LogP contribution >= 0.6 is 0 Å². The van der Waals surface area contributed by atoms with Gasteiger partial charge in [0.1, 0.15) is 12.9 Å². The number of nitrogens with zero attached hydrogens (tertiary/aromatic N) is 2. The van der Waals surface area contributed by atoms with E-state index in [1.807, 2.05) is 24.7 Å². The Morgan fingerprint density at radius 1 is 1.25 bits per heavy atom. The molecule has 0 atom stereocenters. The van der Waals surface area contributed by atoms with Gasteiger partial charge in [0.15, 0.2) is 11.5 Å². The van der Waals surface area contributed by atoms with Crippen molar-refractivity contribution in [3.63, 3.8) is 0 Å². The van der Waals surface area contributed by atoms with E-state index >= 15 is 0 Å². The molecular weight excluding hydrogens is 256 g/mol. The quantitative estimate of drug-likeness (QED) is 0.728. The number of aromatic nitrogens is 2. The van der Waals surface area contributed by atoms with Crippen molar-refractivity contribution in [3.8, 4) is 11.5 Å². The van der Waals surface area contributed by atoms with Gasteiger partial charge in [-0.3, -0.25) is 9.48 Å². The average Bonchev–Trinajstić information content (AvgIpc) is 2.94. The Balaban J connectivity index is 2.09. The van der Waals surface area contributed by atoms with Crippen LogP contribution in [0.5, 0.6) is 11.5 Å². The molecule has 0 amide bonds. The molecule has 0 N–H and O–H groups in total. The summed E-state index contributed by atoms with van der Waals surface area (Å²) in [6.45, 7) is 5.69. The van der Waals surface area contributed by atoms with Crippen LogP contribution in [0.3, 0.4) is 0 Å². The highest BCUT2D eigenvalue weighted by atomic mass is 16.5. The van der Waals surface area contributed by atoms with Crippen molar-refractivity contribution >= 4 is 6.29 Å². The third kappa shape index (κ3) is 3.38. The largest absolute Gasteiger partial charge is 0.490 e. The third-order valence-corrected chi connectivity index (χ3v) is 2.81. The summed E-state index contributed by atoms with van der Waals surface area (Å²) < 4.78 is 13.1. The van der Waals surface area contributed by atoms with Gasteiger partial charge in [-0.25, -0.2) is 0 Å². The molecule has 2 aromatic rings. The van der Waals surface area contributed by atoms with Crippen molar-refractivity contribution in [2.45, 2.75) is 27.0 Å². The van der Waals surface area contributed by atoms with Crippen LogP contribution in [-0.4, -0.2) is 22.7 Å². The van der Waals surface area contributed by atoms with Gasteiger partial charge >= 0.3 is 0 Å². The first-order valence-electron chi connectivity index (χ1n) is 6.63. The lowest BCUT2D eigenvalue weighted by Crippen LogP contribution is -2.00. The lowest BCUT2D eigenvalue weighted by molar-refractivity contribution is 0.112. The van der Waals surface area contributed by atoms with E-state index in [4.69, 9.17) is 9.47 Å². The summed E-state index contributed by atoms with van der Waals surface area (Å²) in [5.74, 6) is 1.21. The second-order valence-electron chi connectivity index (χ2n) is 4.25. The third-order valence-electron chi connectivity index (χ3n) is 2.81. The highest BCUT2D eigenvalue weighted by Gasteiger charge is 2.07. The molecular formula is C15H18N2O3. The molecule has 106 valence electrons. The SMILES string of the molecule is CCOc1cc(C=O)ccc1OCc1cnn(CC)c1. The number of aldehydes is 1. The van der Waals surface area contributed by atoms with Crippen LogP contribution in [0, 0.1) is 0 Å². The van der Waals surface area contributed by atoms with Crippen LogP contribution in [0.1, 0.15) is 29.8 Å². The predicted octanol–water partition coefficient (Wildman–Crippen LogP) is 2.69. The maximum atomic E-state index is 10.8. The van der Waals surface area contributed by atoms with Crippen molar-refractivity contribution in [1.29, 1.82) is 0 Å². The molecule has 0 saturated heterocycles. The maximum Gasteiger partial charge on any atom is 0.161 e. The minimum atomic E-state index is 0.417. The van der Waals surface area contributed by atoms with Gasteiger partial charge in [0.2, 0.25) is 0 Å². The molecule has 1 aromatic carbocycles. The Hall–Kier alpha value is -2.30. The van der Waals surface area contributed by atoms with Crippen molar-refractivity contribution in [2.24, 2.45) is 0 Å². The van der Waals surface area contributed by atoms with E-state index in [1.165, 1.54) is 0 Å². The zero-order valence-electron chi connectivity index (χ0n) is 11.7. The van der Waals surface area contributed by atoms with Crippen molar-refractivity contribution in [3.05, 3.63) is 41.7 Å². The van der Waals surface area contributed by atoms with Gasteiger partial charge in [-0.05, 0) is 32.0 Å². The number of hydrogen-bond donors (Lipinski definition) is 0. The first kappa shape index (κ1) is 14.1. The molecule has 1 aromatic heterocycles. The van der Waals surface area contributed by atoms with E-state index in [-0.39, 0.29) is 0 Å². The van der Waals surface area contributed by atoms with Gasteiger partial charge < -0.3 is 9.47 Å². The number of hydrogen-bond acceptors (Lipinski definition) is 4. The van der Waals surface area contributed by atoms with Crippen LogP contribution in [0.4, 0.5) is 0 Å². The van der Waals surface area contributed by atoms with Crippen LogP contribution < -0.4 is 9.47 Å². The monoisotopic (exact) mass is 274 g/mol. The Morgan fingerprint density at radius 2 is 2.10 bits per heavy atom. The minimum absolute atomic E-state index is 0.417. The van der Waals surface area contributed by atoms with Gasteiger partial charge in [0.05, 0.1) is 12.8 Å². The highest BCUT2D eigenvalue weighted by molar-refractivity contribution is 5.76. The van der Waals surface area contributed by atoms with Crippen LogP contribution in [0.2, 0.25) is 0 Å². The summed E-state index contributed by atoms with van der Waals surface area (Å²) in [6, 6.07) is 5.14. The summed E-state index contributed by atoms with van der Waals surface area (Å²) in [4.78, 5) is 10.8. The van der Waals surface area contributed by atoms with Crippen LogP contribution in [0.15, 0.2) is 30.6 Å². The Kier molecular flexibility index (Phi) is 4.76. The fraction of sp³-hybridized carbons (Fsp3) is 0.333. The molecule has 0 radical (unpaired) electrons. The van der Waals surface area contributed by atoms with E-state index in [1.54, 1.807) is 24.4 Å². The van der Waals surface area contributed by atoms with Crippen molar-refractivity contribution < 1.29 is 14.3 Å². The molecule has 0 aliphatic heterocycles. The molecule has 0 aliphatic rings. The zero-order chi connectivity index (χ0) is 14.4. The Bertz CT molecular complexity index is 578. The number of carbonyl (C=O) groups excluding carboxylic acids is 1. The summed E-state index contributed by atoms with van der Waals surface area (Å²) in [7, 11) is 0. The summed E-state index contributed by atoms with van der Waals surface area (Å²) in [5.41, 5.74) is 1.56. The fourth-order valence-corrected chi connectivity index (χ4v) is 1.80. The standard InChI is InChI=1S/C15H18N2O3/c1-3-17-9-13(8-16-17)11-20-14-6-5-12(10-18)7-15(14)19-4-2/h5-10H,3-4,11H2,1-2H3. The lowest BCUT2D eigenvalue weighted by Gasteiger charge is -2.11. The Labute approximate surface area is 118 Å². The van der Waals surface area contributed by atoms with Gasteiger partial charge in [0, 0.05) is 23.9 Å². The number of carbonyl (C=O) groups is 1. The fourth-order valence-electron chi connectivity index (χ4n) is 1.80. The Morgan fingerprint density at radius 3 is 2.75 bits per heavy atom. The molecule has 1 heterocycles. The first-order valence-corrected chi connectivity index (χ1v) is 6.63. The number of rotatable bonds is 7. The molecule has 2 rings (SSSR count). The second-order valence-corrected chi connectivity index (χ2v) is 4.25. The summed E-state index contributed by atoms with van der Waals surface area (Å²) >= 11 is 0. The second kappa shape index (κ2) is 6.75. The van der Waals surface area contributed by atoms with E-state index in [9.17, 15) is 4.79 Å². The van der Waals surface area contributed by atoms with Gasteiger partial charge in [0.25, 0.3) is 0 Å². The minimum Gasteiger partial charge on any atom is -0.490 e. The average molecular weight is 274 g/mol. The van der Waals surface area contributed by atoms with E-state index in [0.717, 1.165) is 18.4 Å². The molecule has 5 heteroatoms. The summed E-state index contributed by atoms with van der Waals surface area (Å²) in [5, 5.41) is 4.19. The van der Waals surface area contributed by atoms with E-state index < -0.39 is 0 Å². The smallest absolute Gasteiger partial charge is 0.161 e.